The Balaban J connectivity index is 1.98. The van der Waals surface area contributed by atoms with Gasteiger partial charge in [-0.25, -0.2) is 4.79 Å². The van der Waals surface area contributed by atoms with Crippen LogP contribution in [0.5, 0.6) is 0 Å². The summed E-state index contributed by atoms with van der Waals surface area (Å²) >= 11 is 0. The Morgan fingerprint density at radius 2 is 2.36 bits per heavy atom. The van der Waals surface area contributed by atoms with Crippen LogP contribution in [0, 0.1) is 0 Å². The smallest absolute Gasteiger partial charge is 0.373 e. The fourth-order valence-corrected chi connectivity index (χ4v) is 2.12. The molecule has 2 rings (SSSR count). The average molecular weight is 196 g/mol. The van der Waals surface area contributed by atoms with E-state index in [0.717, 1.165) is 12.8 Å². The first-order chi connectivity index (χ1) is 6.81. The Labute approximate surface area is 83.7 Å². The van der Waals surface area contributed by atoms with Crippen LogP contribution >= 0.6 is 0 Å². The van der Waals surface area contributed by atoms with Crippen molar-refractivity contribution in [2.24, 2.45) is 4.99 Å². The van der Waals surface area contributed by atoms with Gasteiger partial charge in [-0.1, -0.05) is 12.8 Å². The summed E-state index contributed by atoms with van der Waals surface area (Å²) in [6.07, 6.45) is 4.68. The minimum Gasteiger partial charge on any atom is -0.460 e. The molecule has 14 heavy (non-hydrogen) atoms. The number of hydrogen-bond acceptors (Lipinski definition) is 4. The molecule has 0 radical (unpaired) electrons. The highest BCUT2D eigenvalue weighted by Gasteiger charge is 2.33. The lowest BCUT2D eigenvalue weighted by molar-refractivity contribution is -0.135. The lowest BCUT2D eigenvalue weighted by atomic mass is 9.92. The number of esters is 1. The summed E-state index contributed by atoms with van der Waals surface area (Å²) in [5.41, 5.74) is 0. The molecule has 2 unspecified atom stereocenters. The molecule has 4 nitrogen and oxygen atoms in total. The van der Waals surface area contributed by atoms with Crippen molar-refractivity contribution in [3.63, 3.8) is 0 Å². The SMILES string of the molecule is CCOC(=O)C1=NC2CCCCC2N1. The van der Waals surface area contributed by atoms with E-state index in [1.165, 1.54) is 12.8 Å². The van der Waals surface area contributed by atoms with Gasteiger partial charge >= 0.3 is 5.97 Å². The van der Waals surface area contributed by atoms with E-state index in [9.17, 15) is 4.79 Å². The van der Waals surface area contributed by atoms with E-state index in [2.05, 4.69) is 10.3 Å². The molecule has 0 aromatic rings. The molecule has 0 aromatic carbocycles. The summed E-state index contributed by atoms with van der Waals surface area (Å²) < 4.78 is 4.90. The molecule has 2 aliphatic rings. The number of fused-ring (bicyclic) bond motifs is 1. The first-order valence-corrected chi connectivity index (χ1v) is 5.32. The van der Waals surface area contributed by atoms with Gasteiger partial charge in [0, 0.05) is 0 Å². The van der Waals surface area contributed by atoms with Crippen LogP contribution in [0.15, 0.2) is 4.99 Å². The largest absolute Gasteiger partial charge is 0.460 e. The zero-order valence-electron chi connectivity index (χ0n) is 8.45. The summed E-state index contributed by atoms with van der Waals surface area (Å²) in [5.74, 6) is 0.130. The van der Waals surface area contributed by atoms with Crippen LogP contribution in [0.1, 0.15) is 32.6 Å². The van der Waals surface area contributed by atoms with Gasteiger partial charge in [0.1, 0.15) is 0 Å². The normalized spacial score (nSPS) is 30.2. The van der Waals surface area contributed by atoms with Crippen LogP contribution in [0.25, 0.3) is 0 Å². The topological polar surface area (TPSA) is 50.7 Å². The molecule has 1 heterocycles. The second-order valence-electron chi connectivity index (χ2n) is 3.80. The summed E-state index contributed by atoms with van der Waals surface area (Å²) in [4.78, 5) is 15.7. The zero-order valence-corrected chi connectivity index (χ0v) is 8.45. The monoisotopic (exact) mass is 196 g/mol. The third-order valence-electron chi connectivity index (χ3n) is 2.82. The number of hydrogen-bond donors (Lipinski definition) is 1. The molecule has 1 N–H and O–H groups in total. The maximum atomic E-state index is 11.4. The van der Waals surface area contributed by atoms with E-state index in [1.807, 2.05) is 0 Å². The van der Waals surface area contributed by atoms with Crippen LogP contribution in [0.4, 0.5) is 0 Å². The van der Waals surface area contributed by atoms with Crippen molar-refractivity contribution < 1.29 is 9.53 Å². The average Bonchev–Trinajstić information content (AvgIpc) is 2.61. The minimum absolute atomic E-state index is 0.304. The molecular weight excluding hydrogens is 180 g/mol. The first kappa shape index (κ1) is 9.49. The summed E-state index contributed by atoms with van der Waals surface area (Å²) in [6, 6.07) is 0.686. The molecule has 1 saturated carbocycles. The van der Waals surface area contributed by atoms with Gasteiger partial charge in [0.25, 0.3) is 0 Å². The maximum absolute atomic E-state index is 11.4. The molecule has 1 aliphatic heterocycles. The van der Waals surface area contributed by atoms with Crippen LogP contribution in [0.3, 0.4) is 0 Å². The zero-order chi connectivity index (χ0) is 9.97. The van der Waals surface area contributed by atoms with Crippen molar-refractivity contribution >= 4 is 11.8 Å². The van der Waals surface area contributed by atoms with Gasteiger partial charge < -0.3 is 10.1 Å². The molecule has 0 amide bonds. The minimum atomic E-state index is -0.304. The Bertz CT molecular complexity index is 263. The highest BCUT2D eigenvalue weighted by Crippen LogP contribution is 2.24. The summed E-state index contributed by atoms with van der Waals surface area (Å²) in [7, 11) is 0. The standard InChI is InChI=1S/C10H16N2O2/c1-2-14-10(13)9-11-7-5-3-4-6-8(7)12-9/h7-8H,2-6H2,1H3,(H,11,12). The molecule has 2 atom stereocenters. The van der Waals surface area contributed by atoms with Gasteiger partial charge in [0.15, 0.2) is 0 Å². The predicted octanol–water partition coefficient (Wildman–Crippen LogP) is 0.862. The third kappa shape index (κ3) is 1.74. The van der Waals surface area contributed by atoms with E-state index >= 15 is 0 Å². The summed E-state index contributed by atoms with van der Waals surface area (Å²) in [6.45, 7) is 2.22. The Morgan fingerprint density at radius 3 is 3.07 bits per heavy atom. The molecule has 4 heteroatoms. The Hall–Kier alpha value is -1.06. The fourth-order valence-electron chi connectivity index (χ4n) is 2.12. The van der Waals surface area contributed by atoms with E-state index in [0.29, 0.717) is 24.5 Å². The fraction of sp³-hybridized carbons (Fsp3) is 0.800. The van der Waals surface area contributed by atoms with Crippen molar-refractivity contribution in [1.29, 1.82) is 0 Å². The maximum Gasteiger partial charge on any atom is 0.373 e. The highest BCUT2D eigenvalue weighted by molar-refractivity contribution is 6.36. The van der Waals surface area contributed by atoms with Crippen molar-refractivity contribution in [2.75, 3.05) is 6.61 Å². The number of carbonyl (C=O) groups excluding carboxylic acids is 1. The number of nitrogens with zero attached hydrogens (tertiary/aromatic N) is 1. The van der Waals surface area contributed by atoms with Crippen LogP contribution in [0.2, 0.25) is 0 Å². The van der Waals surface area contributed by atoms with Gasteiger partial charge in [-0.2, -0.15) is 0 Å². The Kier molecular flexibility index (Phi) is 2.70. The van der Waals surface area contributed by atoms with Crippen LogP contribution in [-0.2, 0) is 9.53 Å². The number of rotatable bonds is 2. The number of carbonyl (C=O) groups is 1. The van der Waals surface area contributed by atoms with Crippen molar-refractivity contribution in [3.05, 3.63) is 0 Å². The third-order valence-corrected chi connectivity index (χ3v) is 2.82. The van der Waals surface area contributed by atoms with Crippen molar-refractivity contribution in [3.8, 4) is 0 Å². The van der Waals surface area contributed by atoms with E-state index in [1.54, 1.807) is 6.92 Å². The van der Waals surface area contributed by atoms with Gasteiger partial charge in [0.2, 0.25) is 5.84 Å². The molecular formula is C10H16N2O2. The highest BCUT2D eigenvalue weighted by atomic mass is 16.5. The molecule has 0 bridgehead atoms. The molecule has 0 aromatic heterocycles. The Morgan fingerprint density at radius 1 is 1.57 bits per heavy atom. The molecule has 78 valence electrons. The quantitative estimate of drug-likeness (QED) is 0.666. The second kappa shape index (κ2) is 3.98. The van der Waals surface area contributed by atoms with Crippen LogP contribution < -0.4 is 5.32 Å². The van der Waals surface area contributed by atoms with E-state index in [4.69, 9.17) is 4.74 Å². The lowest BCUT2D eigenvalue weighted by Gasteiger charge is -2.22. The first-order valence-electron chi connectivity index (χ1n) is 5.32. The van der Waals surface area contributed by atoms with Crippen LogP contribution in [-0.4, -0.2) is 30.5 Å². The molecule has 1 aliphatic carbocycles. The molecule has 1 fully saturated rings. The van der Waals surface area contributed by atoms with E-state index < -0.39 is 0 Å². The number of amidine groups is 1. The number of ether oxygens (including phenoxy) is 1. The van der Waals surface area contributed by atoms with Gasteiger partial charge in [-0.05, 0) is 19.8 Å². The van der Waals surface area contributed by atoms with Crippen molar-refractivity contribution in [1.82, 2.24) is 5.32 Å². The number of nitrogens with one attached hydrogen (secondary N) is 1. The lowest BCUT2D eigenvalue weighted by Crippen LogP contribution is -2.39. The van der Waals surface area contributed by atoms with Crippen molar-refractivity contribution in [2.45, 2.75) is 44.7 Å². The molecule has 0 saturated heterocycles. The van der Waals surface area contributed by atoms with Gasteiger partial charge in [-0.3, -0.25) is 4.99 Å². The second-order valence-corrected chi connectivity index (χ2v) is 3.80. The predicted molar refractivity (Wildman–Crippen MR) is 53.2 cm³/mol. The van der Waals surface area contributed by atoms with Gasteiger partial charge in [-0.15, -0.1) is 0 Å². The number of aliphatic imine (C=N–C) groups is 1. The molecule has 0 spiro atoms. The van der Waals surface area contributed by atoms with E-state index in [-0.39, 0.29) is 5.97 Å². The van der Waals surface area contributed by atoms with Gasteiger partial charge in [0.05, 0.1) is 18.7 Å². The summed E-state index contributed by atoms with van der Waals surface area (Å²) in [5, 5.41) is 3.15.